The Labute approximate surface area is 113 Å². The van der Waals surface area contributed by atoms with Gasteiger partial charge in [0.1, 0.15) is 5.78 Å². The minimum atomic E-state index is -1.49. The molecule has 2 N–H and O–H groups in total. The van der Waals surface area contributed by atoms with Gasteiger partial charge < -0.3 is 10.2 Å². The van der Waals surface area contributed by atoms with E-state index in [2.05, 4.69) is 0 Å². The fourth-order valence-corrected chi connectivity index (χ4v) is 3.09. The van der Waals surface area contributed by atoms with Crippen LogP contribution >= 0.6 is 0 Å². The Morgan fingerprint density at radius 1 is 1.32 bits per heavy atom. The monoisotopic (exact) mass is 270 g/mol. The van der Waals surface area contributed by atoms with Crippen LogP contribution in [0.3, 0.4) is 0 Å². The maximum atomic E-state index is 11.6. The van der Waals surface area contributed by atoms with Crippen LogP contribution in [0.2, 0.25) is 0 Å². The summed E-state index contributed by atoms with van der Waals surface area (Å²) < 4.78 is 0. The summed E-state index contributed by atoms with van der Waals surface area (Å²) in [7, 11) is 0. The average Bonchev–Trinajstić information content (AvgIpc) is 2.27. The zero-order chi connectivity index (χ0) is 14.8. The summed E-state index contributed by atoms with van der Waals surface area (Å²) in [5.41, 5.74) is -0.158. The first-order chi connectivity index (χ1) is 8.70. The van der Waals surface area contributed by atoms with E-state index >= 15 is 0 Å². The molecule has 19 heavy (non-hydrogen) atoms. The molecule has 0 aromatic heterocycles. The fraction of sp³-hybridized carbons (Fsp3) is 0.786. The highest BCUT2D eigenvalue weighted by atomic mass is 16.4. The van der Waals surface area contributed by atoms with Gasteiger partial charge in [0.15, 0.2) is 5.92 Å². The van der Waals surface area contributed by atoms with Crippen molar-refractivity contribution in [2.45, 2.75) is 46.5 Å². The van der Waals surface area contributed by atoms with Crippen LogP contribution in [0.15, 0.2) is 0 Å². The van der Waals surface area contributed by atoms with Crippen LogP contribution in [0.4, 0.5) is 0 Å². The van der Waals surface area contributed by atoms with Crippen molar-refractivity contribution in [2.24, 2.45) is 23.2 Å². The molecule has 1 fully saturated rings. The smallest absolute Gasteiger partial charge is 0.318 e. The molecule has 1 saturated carbocycles. The predicted molar refractivity (Wildman–Crippen MR) is 68.7 cm³/mol. The molecule has 108 valence electrons. The first-order valence-corrected chi connectivity index (χ1v) is 6.68. The van der Waals surface area contributed by atoms with E-state index in [0.29, 0.717) is 12.8 Å². The van der Waals surface area contributed by atoms with Gasteiger partial charge in [-0.05, 0) is 23.7 Å². The van der Waals surface area contributed by atoms with Crippen LogP contribution in [0, 0.1) is 23.2 Å². The molecule has 0 aliphatic heterocycles. The summed E-state index contributed by atoms with van der Waals surface area (Å²) in [6.07, 6.45) is 1.91. The standard InChI is InChI=1S/C14H22O5/c1-4-14(2,3)10-6-5-8(15)7-9(10)11(12(16)17)13(18)19/h9-11H,4-7H2,1-3H3,(H,16,17)(H,18,19). The summed E-state index contributed by atoms with van der Waals surface area (Å²) >= 11 is 0. The number of hydrogen-bond acceptors (Lipinski definition) is 3. The predicted octanol–water partition coefficient (Wildman–Crippen LogP) is 2.19. The molecular formula is C14H22O5. The van der Waals surface area contributed by atoms with Crippen LogP contribution < -0.4 is 0 Å². The lowest BCUT2D eigenvalue weighted by Gasteiger charge is -2.42. The molecular weight excluding hydrogens is 248 g/mol. The first-order valence-electron chi connectivity index (χ1n) is 6.68. The largest absolute Gasteiger partial charge is 0.481 e. The number of carbonyl (C=O) groups excluding carboxylic acids is 1. The van der Waals surface area contributed by atoms with E-state index in [1.807, 2.05) is 20.8 Å². The second kappa shape index (κ2) is 5.72. The number of carboxylic acids is 2. The third kappa shape index (κ3) is 3.33. The SMILES string of the molecule is CCC(C)(C)C1CCC(=O)CC1C(C(=O)O)C(=O)O. The van der Waals surface area contributed by atoms with Crippen molar-refractivity contribution in [1.82, 2.24) is 0 Å². The summed E-state index contributed by atoms with van der Waals surface area (Å²) in [4.78, 5) is 34.0. The number of carboxylic acid groups (broad SMARTS) is 2. The second-order valence-electron chi connectivity index (χ2n) is 6.05. The third-order valence-electron chi connectivity index (χ3n) is 4.59. The Morgan fingerprint density at radius 3 is 2.26 bits per heavy atom. The van der Waals surface area contributed by atoms with E-state index in [9.17, 15) is 14.4 Å². The zero-order valence-electron chi connectivity index (χ0n) is 11.7. The number of ketones is 1. The average molecular weight is 270 g/mol. The third-order valence-corrected chi connectivity index (χ3v) is 4.59. The maximum absolute atomic E-state index is 11.6. The van der Waals surface area contributed by atoms with Crippen molar-refractivity contribution in [1.29, 1.82) is 0 Å². The Morgan fingerprint density at radius 2 is 1.84 bits per heavy atom. The van der Waals surface area contributed by atoms with Crippen molar-refractivity contribution < 1.29 is 24.6 Å². The van der Waals surface area contributed by atoms with Gasteiger partial charge in [0.25, 0.3) is 0 Å². The van der Waals surface area contributed by atoms with Gasteiger partial charge in [0.2, 0.25) is 0 Å². The molecule has 5 nitrogen and oxygen atoms in total. The molecule has 0 aromatic rings. The number of hydrogen-bond donors (Lipinski definition) is 2. The molecule has 0 spiro atoms. The van der Waals surface area contributed by atoms with Crippen LogP contribution in [0.5, 0.6) is 0 Å². The van der Waals surface area contributed by atoms with Gasteiger partial charge >= 0.3 is 11.9 Å². The molecule has 1 aliphatic carbocycles. The number of aliphatic carboxylic acids is 2. The lowest BCUT2D eigenvalue weighted by molar-refractivity contribution is -0.160. The van der Waals surface area contributed by atoms with Crippen molar-refractivity contribution >= 4 is 17.7 Å². The Bertz CT molecular complexity index is 371. The van der Waals surface area contributed by atoms with Crippen molar-refractivity contribution in [3.8, 4) is 0 Å². The van der Waals surface area contributed by atoms with Crippen molar-refractivity contribution in [2.75, 3.05) is 0 Å². The van der Waals surface area contributed by atoms with Gasteiger partial charge in [0, 0.05) is 12.8 Å². The topological polar surface area (TPSA) is 91.7 Å². The normalized spacial score (nSPS) is 24.5. The van der Waals surface area contributed by atoms with Crippen molar-refractivity contribution in [3.05, 3.63) is 0 Å². The van der Waals surface area contributed by atoms with E-state index in [-0.39, 0.29) is 23.5 Å². The van der Waals surface area contributed by atoms with Crippen LogP contribution in [-0.4, -0.2) is 27.9 Å². The Hall–Kier alpha value is -1.39. The van der Waals surface area contributed by atoms with E-state index in [0.717, 1.165) is 6.42 Å². The Kier molecular flexibility index (Phi) is 4.71. The van der Waals surface area contributed by atoms with Crippen molar-refractivity contribution in [3.63, 3.8) is 0 Å². The lowest BCUT2D eigenvalue weighted by Crippen LogP contribution is -2.44. The highest BCUT2D eigenvalue weighted by Crippen LogP contribution is 2.46. The minimum Gasteiger partial charge on any atom is -0.481 e. The molecule has 1 rings (SSSR count). The molecule has 5 heteroatoms. The van der Waals surface area contributed by atoms with Gasteiger partial charge in [-0.1, -0.05) is 27.2 Å². The van der Waals surface area contributed by atoms with Gasteiger partial charge in [-0.3, -0.25) is 14.4 Å². The van der Waals surface area contributed by atoms with Crippen LogP contribution in [0.25, 0.3) is 0 Å². The van der Waals surface area contributed by atoms with Gasteiger partial charge in [-0.25, -0.2) is 0 Å². The molecule has 2 atom stereocenters. The number of rotatable bonds is 5. The maximum Gasteiger partial charge on any atom is 0.318 e. The quantitative estimate of drug-likeness (QED) is 0.747. The highest BCUT2D eigenvalue weighted by Gasteiger charge is 2.47. The van der Waals surface area contributed by atoms with Crippen LogP contribution in [0.1, 0.15) is 46.5 Å². The molecule has 0 radical (unpaired) electrons. The molecule has 0 saturated heterocycles. The summed E-state index contributed by atoms with van der Waals surface area (Å²) in [6.45, 7) is 6.03. The Balaban J connectivity index is 3.11. The fourth-order valence-electron chi connectivity index (χ4n) is 3.09. The van der Waals surface area contributed by atoms with Gasteiger partial charge in [0.05, 0.1) is 0 Å². The highest BCUT2D eigenvalue weighted by molar-refractivity contribution is 5.94. The zero-order valence-corrected chi connectivity index (χ0v) is 11.7. The van der Waals surface area contributed by atoms with Crippen LogP contribution in [-0.2, 0) is 14.4 Å². The van der Waals surface area contributed by atoms with Gasteiger partial charge in [-0.15, -0.1) is 0 Å². The van der Waals surface area contributed by atoms with E-state index in [1.54, 1.807) is 0 Å². The summed E-state index contributed by atoms with van der Waals surface area (Å²) in [5.74, 6) is -4.85. The first kappa shape index (κ1) is 15.7. The molecule has 0 heterocycles. The number of carbonyl (C=O) groups is 3. The van der Waals surface area contributed by atoms with E-state index < -0.39 is 23.8 Å². The second-order valence-corrected chi connectivity index (χ2v) is 6.05. The van der Waals surface area contributed by atoms with E-state index in [4.69, 9.17) is 10.2 Å². The summed E-state index contributed by atoms with van der Waals surface area (Å²) in [5, 5.41) is 18.3. The number of Topliss-reactive ketones (excluding diaryl/α,β-unsaturated/α-hetero) is 1. The van der Waals surface area contributed by atoms with Gasteiger partial charge in [-0.2, -0.15) is 0 Å². The lowest BCUT2D eigenvalue weighted by atomic mass is 9.61. The molecule has 0 aromatic carbocycles. The minimum absolute atomic E-state index is 0.0272. The molecule has 0 bridgehead atoms. The summed E-state index contributed by atoms with van der Waals surface area (Å²) in [6, 6.07) is 0. The molecule has 2 unspecified atom stereocenters. The van der Waals surface area contributed by atoms with E-state index in [1.165, 1.54) is 0 Å². The molecule has 0 amide bonds. The molecule has 1 aliphatic rings.